The quantitative estimate of drug-likeness (QED) is 0.0747. The summed E-state index contributed by atoms with van der Waals surface area (Å²) in [5, 5.41) is 7.79. The summed E-state index contributed by atoms with van der Waals surface area (Å²) in [4.78, 5) is 60.7. The maximum atomic E-state index is 13.3. The highest BCUT2D eigenvalue weighted by atomic mass is 35.5. The second-order valence-corrected chi connectivity index (χ2v) is 15.9. The van der Waals surface area contributed by atoms with E-state index < -0.39 is 23.4 Å². The Bertz CT molecular complexity index is 3110. The minimum Gasteiger partial charge on any atom is -0.497 e. The summed E-state index contributed by atoms with van der Waals surface area (Å²) in [6, 6.07) is 34.2. The van der Waals surface area contributed by atoms with Gasteiger partial charge in [-0.25, -0.2) is 4.98 Å². The van der Waals surface area contributed by atoms with Crippen LogP contribution in [0.1, 0.15) is 50.2 Å². The zero-order valence-corrected chi connectivity index (χ0v) is 39.0. The maximum Gasteiger partial charge on any atom is 0.298 e. The predicted molar refractivity (Wildman–Crippen MR) is 260 cm³/mol. The number of nitrogens with zero attached hydrogens (tertiary/aromatic N) is 4. The van der Waals surface area contributed by atoms with E-state index in [-0.39, 0.29) is 5.82 Å². The molecule has 0 aliphatic heterocycles. The van der Waals surface area contributed by atoms with Crippen LogP contribution in [0.5, 0.6) is 23.3 Å². The molecule has 16 heteroatoms. The van der Waals surface area contributed by atoms with Crippen molar-refractivity contribution in [1.29, 1.82) is 0 Å². The summed E-state index contributed by atoms with van der Waals surface area (Å²) in [6.45, 7) is 7.03. The highest BCUT2D eigenvalue weighted by Gasteiger charge is 2.28. The molecule has 2 amide bonds. The van der Waals surface area contributed by atoms with Crippen molar-refractivity contribution >= 4 is 79.9 Å². The van der Waals surface area contributed by atoms with E-state index in [1.54, 1.807) is 56.7 Å². The smallest absolute Gasteiger partial charge is 0.298 e. The Morgan fingerprint density at radius 3 is 1.55 bits per heavy atom. The van der Waals surface area contributed by atoms with Gasteiger partial charge in [0.15, 0.2) is 0 Å². The second-order valence-electron chi connectivity index (χ2n) is 15.1. The van der Waals surface area contributed by atoms with Crippen LogP contribution in [0.15, 0.2) is 121 Å². The molecule has 0 saturated heterocycles. The predicted octanol–water partition coefficient (Wildman–Crippen LogP) is 10.2. The van der Waals surface area contributed by atoms with E-state index in [0.717, 1.165) is 22.2 Å². The molecular weight excluding hydrogens is 896 g/mol. The lowest BCUT2D eigenvalue weighted by Crippen LogP contribution is -2.24. The lowest BCUT2D eigenvalue weighted by Gasteiger charge is -2.09. The van der Waals surface area contributed by atoms with Gasteiger partial charge in [-0.1, -0.05) is 53.5 Å². The van der Waals surface area contributed by atoms with Gasteiger partial charge < -0.3 is 38.7 Å². The Kier molecular flexibility index (Phi) is 14.9. The molecule has 4 aromatic heterocycles. The van der Waals surface area contributed by atoms with Gasteiger partial charge in [-0.3, -0.25) is 19.2 Å². The summed E-state index contributed by atoms with van der Waals surface area (Å²) < 4.78 is 25.1. The third-order valence-corrected chi connectivity index (χ3v) is 11.4. The molecule has 0 bridgehead atoms. The van der Waals surface area contributed by atoms with Crippen LogP contribution < -0.4 is 29.6 Å². The van der Waals surface area contributed by atoms with E-state index in [0.29, 0.717) is 92.0 Å². The average Bonchev–Trinajstić information content (AvgIpc) is 3.77. The molecule has 8 rings (SSSR count). The summed E-state index contributed by atoms with van der Waals surface area (Å²) in [5.41, 5.74) is 6.09. The number of benzene rings is 4. The molecule has 4 aromatic carbocycles. The molecule has 67 heavy (non-hydrogen) atoms. The first-order chi connectivity index (χ1) is 32.3. The fraction of sp³-hybridized carbons (Fsp3) is 0.176. The minimum absolute atomic E-state index is 0.229. The maximum absolute atomic E-state index is 13.3. The van der Waals surface area contributed by atoms with Crippen LogP contribution in [0.25, 0.3) is 21.8 Å². The third-order valence-electron chi connectivity index (χ3n) is 10.9. The molecule has 0 unspecified atom stereocenters. The van der Waals surface area contributed by atoms with Gasteiger partial charge in [0, 0.05) is 68.5 Å². The molecule has 342 valence electrons. The molecule has 0 spiro atoms. The molecule has 8 aromatic rings. The molecule has 2 N–H and O–H groups in total. The monoisotopic (exact) mass is 940 g/mol. The fourth-order valence-corrected chi connectivity index (χ4v) is 7.83. The molecule has 0 saturated carbocycles. The van der Waals surface area contributed by atoms with E-state index in [2.05, 4.69) is 20.6 Å². The first kappa shape index (κ1) is 47.3. The number of Topliss-reactive ketones (excluding diaryl/α,β-unsaturated/α-hetero) is 2. The lowest BCUT2D eigenvalue weighted by molar-refractivity contribution is -0.113. The standard InChI is InChI=1S/C26H24ClN3O4.C25H22ClN3O4/c1-4-34-23-12-9-19(14-28-23)29-26(32)25(31)24-16(2)30(15-17-5-7-18(27)8-6-17)22-11-10-20(33-3)13-21(22)24;1-15-23(24(30)25(31)28-21-5-4-6-22(27-21)33-3)19-13-18(32-2)11-12-20(19)29(15)14-16-7-9-17(26)10-8-16/h5-14H,4,15H2,1-3H3,(H,29,32);4-13H,14H2,1-3H3,(H,27,28,31). The first-order valence-corrected chi connectivity index (χ1v) is 21.7. The Hall–Kier alpha value is -7.68. The number of anilines is 2. The van der Waals surface area contributed by atoms with E-state index in [4.69, 9.17) is 42.1 Å². The van der Waals surface area contributed by atoms with Gasteiger partial charge in [0.25, 0.3) is 23.4 Å². The SMILES string of the molecule is CCOc1ccc(NC(=O)C(=O)c2c(C)n(Cc3ccc(Cl)cc3)c3ccc(OC)cc23)cn1.COc1ccc2c(c1)c(C(=O)C(=O)Nc1cccc(OC)n1)c(C)n2Cc1ccc(Cl)cc1. The zero-order chi connectivity index (χ0) is 47.8. The van der Waals surface area contributed by atoms with E-state index in [1.807, 2.05) is 103 Å². The molecule has 0 atom stereocenters. The van der Waals surface area contributed by atoms with Crippen molar-refractivity contribution in [2.24, 2.45) is 0 Å². The molecule has 4 heterocycles. The number of ether oxygens (including phenoxy) is 4. The van der Waals surface area contributed by atoms with Gasteiger partial charge in [-0.15, -0.1) is 0 Å². The average molecular weight is 942 g/mol. The van der Waals surface area contributed by atoms with E-state index in [9.17, 15) is 19.2 Å². The van der Waals surface area contributed by atoms with Crippen LogP contribution in [0.4, 0.5) is 11.5 Å². The Morgan fingerprint density at radius 1 is 0.597 bits per heavy atom. The van der Waals surface area contributed by atoms with Crippen molar-refractivity contribution in [3.05, 3.63) is 165 Å². The third kappa shape index (κ3) is 10.7. The van der Waals surface area contributed by atoms with Gasteiger partial charge in [0.2, 0.25) is 11.8 Å². The number of amides is 2. The summed E-state index contributed by atoms with van der Waals surface area (Å²) >= 11 is 12.0. The van der Waals surface area contributed by atoms with Gasteiger partial charge in [-0.2, -0.15) is 4.98 Å². The molecule has 0 aliphatic rings. The number of hydrogen-bond donors (Lipinski definition) is 2. The number of halogens is 2. The molecule has 0 radical (unpaired) electrons. The Balaban J connectivity index is 0.000000199. The molecular formula is C51H46Cl2N6O8. The Morgan fingerprint density at radius 2 is 1.10 bits per heavy atom. The second kappa shape index (κ2) is 21.1. The summed E-state index contributed by atoms with van der Waals surface area (Å²) in [7, 11) is 4.60. The zero-order valence-electron chi connectivity index (χ0n) is 37.5. The fourth-order valence-electron chi connectivity index (χ4n) is 7.58. The number of fused-ring (bicyclic) bond motifs is 2. The highest BCUT2D eigenvalue weighted by Crippen LogP contribution is 2.33. The van der Waals surface area contributed by atoms with Gasteiger partial charge in [0.05, 0.1) is 50.9 Å². The molecule has 0 aliphatic carbocycles. The van der Waals surface area contributed by atoms with Crippen molar-refractivity contribution in [2.45, 2.75) is 33.9 Å². The first-order valence-electron chi connectivity index (χ1n) is 21.0. The normalized spacial score (nSPS) is 10.8. The van der Waals surface area contributed by atoms with Crippen molar-refractivity contribution in [2.75, 3.05) is 38.6 Å². The van der Waals surface area contributed by atoms with Crippen molar-refractivity contribution in [1.82, 2.24) is 19.1 Å². The number of rotatable bonds is 15. The summed E-state index contributed by atoms with van der Waals surface area (Å²) in [5.74, 6) is -0.635. The summed E-state index contributed by atoms with van der Waals surface area (Å²) in [6.07, 6.45) is 1.45. The van der Waals surface area contributed by atoms with Crippen molar-refractivity contribution in [3.8, 4) is 23.3 Å². The van der Waals surface area contributed by atoms with Crippen LogP contribution in [-0.4, -0.2) is 70.4 Å². The number of aromatic nitrogens is 4. The number of methoxy groups -OCH3 is 3. The van der Waals surface area contributed by atoms with E-state index in [1.165, 1.54) is 13.3 Å². The van der Waals surface area contributed by atoms with Crippen molar-refractivity contribution in [3.63, 3.8) is 0 Å². The van der Waals surface area contributed by atoms with Crippen LogP contribution >= 0.6 is 23.2 Å². The van der Waals surface area contributed by atoms with Gasteiger partial charge >= 0.3 is 0 Å². The number of carbonyl (C=O) groups excluding carboxylic acids is 4. The van der Waals surface area contributed by atoms with Gasteiger partial charge in [0.1, 0.15) is 17.3 Å². The number of carbonyl (C=O) groups is 4. The number of pyridine rings is 2. The minimum atomic E-state index is -0.785. The highest BCUT2D eigenvalue weighted by molar-refractivity contribution is 6.49. The van der Waals surface area contributed by atoms with E-state index >= 15 is 0 Å². The molecule has 0 fully saturated rings. The largest absolute Gasteiger partial charge is 0.497 e. The Labute approximate surface area is 396 Å². The van der Waals surface area contributed by atoms with Crippen LogP contribution in [0, 0.1) is 13.8 Å². The van der Waals surface area contributed by atoms with Crippen molar-refractivity contribution < 1.29 is 38.1 Å². The number of ketones is 2. The number of hydrogen-bond acceptors (Lipinski definition) is 10. The topological polar surface area (TPSA) is 165 Å². The molecule has 14 nitrogen and oxygen atoms in total. The number of nitrogens with one attached hydrogen (secondary N) is 2. The van der Waals surface area contributed by atoms with Crippen LogP contribution in [0.2, 0.25) is 10.0 Å². The lowest BCUT2D eigenvalue weighted by atomic mass is 10.1. The van der Waals surface area contributed by atoms with Gasteiger partial charge in [-0.05, 0) is 105 Å². The van der Waals surface area contributed by atoms with Crippen LogP contribution in [-0.2, 0) is 22.7 Å². The van der Waals surface area contributed by atoms with Crippen LogP contribution in [0.3, 0.4) is 0 Å².